The second kappa shape index (κ2) is 16.8. The lowest BCUT2D eigenvalue weighted by molar-refractivity contribution is -0.122. The Morgan fingerprint density at radius 2 is 1.41 bits per heavy atom. The Labute approximate surface area is 166 Å². The van der Waals surface area contributed by atoms with Gasteiger partial charge in [0.1, 0.15) is 0 Å². The van der Waals surface area contributed by atoms with E-state index in [-0.39, 0.29) is 11.8 Å². The van der Waals surface area contributed by atoms with E-state index >= 15 is 0 Å². The second-order valence-electron chi connectivity index (χ2n) is 7.92. The van der Waals surface area contributed by atoms with E-state index in [9.17, 15) is 9.59 Å². The first-order valence-electron chi connectivity index (χ1n) is 11.4. The van der Waals surface area contributed by atoms with E-state index in [1.165, 1.54) is 57.8 Å². The number of amides is 2. The average Bonchev–Trinajstić information content (AvgIpc) is 3.46. The minimum Gasteiger partial charge on any atom is -0.356 e. The third kappa shape index (κ3) is 16.6. The molecule has 2 amide bonds. The maximum Gasteiger partial charge on any atom is 0.220 e. The Morgan fingerprint density at radius 3 is 2.11 bits per heavy atom. The summed E-state index contributed by atoms with van der Waals surface area (Å²) in [4.78, 5) is 23.2. The molecule has 4 nitrogen and oxygen atoms in total. The van der Waals surface area contributed by atoms with Crippen molar-refractivity contribution in [1.29, 1.82) is 0 Å². The fraction of sp³-hybridized carbons (Fsp3) is 0.826. The molecule has 2 N–H and O–H groups in total. The molecule has 0 spiro atoms. The van der Waals surface area contributed by atoms with E-state index in [1.807, 2.05) is 0 Å². The lowest BCUT2D eigenvalue weighted by Crippen LogP contribution is -2.24. The molecule has 1 rings (SSSR count). The van der Waals surface area contributed by atoms with Gasteiger partial charge < -0.3 is 10.6 Å². The van der Waals surface area contributed by atoms with Gasteiger partial charge in [-0.15, -0.1) is 0 Å². The number of nitrogens with one attached hydrogen (secondary N) is 2. The summed E-state index contributed by atoms with van der Waals surface area (Å²) >= 11 is 0. The molecular formula is C23H42N2O2. The van der Waals surface area contributed by atoms with Gasteiger partial charge in [-0.3, -0.25) is 9.59 Å². The lowest BCUT2D eigenvalue weighted by Gasteiger charge is -2.04. The number of allylic oxidation sites excluding steroid dienone is 2. The number of rotatable bonds is 18. The SMILES string of the molecule is CCCCCNC(=O)CCCCCCCCC=CCCCC(=O)NC1CC1. The summed E-state index contributed by atoms with van der Waals surface area (Å²) in [6, 6.07) is 0.487. The predicted octanol–water partition coefficient (Wildman–Crippen LogP) is 5.42. The smallest absolute Gasteiger partial charge is 0.220 e. The molecule has 0 aliphatic heterocycles. The van der Waals surface area contributed by atoms with Gasteiger partial charge in [0.2, 0.25) is 11.8 Å². The Kier molecular flexibility index (Phi) is 14.8. The normalized spacial score (nSPS) is 13.8. The van der Waals surface area contributed by atoms with Gasteiger partial charge in [-0.2, -0.15) is 0 Å². The van der Waals surface area contributed by atoms with Gasteiger partial charge in [-0.1, -0.05) is 57.6 Å². The molecule has 1 aliphatic rings. The molecule has 4 heteroatoms. The van der Waals surface area contributed by atoms with Crippen LogP contribution in [0.25, 0.3) is 0 Å². The van der Waals surface area contributed by atoms with Gasteiger partial charge in [-0.05, 0) is 51.4 Å². The Bertz CT molecular complexity index is 417. The number of carbonyl (C=O) groups is 2. The number of unbranched alkanes of at least 4 members (excludes halogenated alkanes) is 9. The van der Waals surface area contributed by atoms with Gasteiger partial charge >= 0.3 is 0 Å². The molecule has 0 saturated heterocycles. The van der Waals surface area contributed by atoms with Gasteiger partial charge in [-0.25, -0.2) is 0 Å². The predicted molar refractivity (Wildman–Crippen MR) is 114 cm³/mol. The Morgan fingerprint density at radius 1 is 0.778 bits per heavy atom. The van der Waals surface area contributed by atoms with E-state index in [0.717, 1.165) is 38.6 Å². The number of hydrogen-bond donors (Lipinski definition) is 2. The summed E-state index contributed by atoms with van der Waals surface area (Å²) in [5, 5.41) is 6.03. The van der Waals surface area contributed by atoms with Crippen LogP contribution in [-0.4, -0.2) is 24.4 Å². The van der Waals surface area contributed by atoms with Crippen molar-refractivity contribution in [2.75, 3.05) is 6.54 Å². The van der Waals surface area contributed by atoms with E-state index in [2.05, 4.69) is 29.7 Å². The highest BCUT2D eigenvalue weighted by Crippen LogP contribution is 2.18. The third-order valence-corrected chi connectivity index (χ3v) is 5.01. The van der Waals surface area contributed by atoms with Crippen LogP contribution in [0.15, 0.2) is 12.2 Å². The van der Waals surface area contributed by atoms with Crippen LogP contribution in [0.2, 0.25) is 0 Å². The van der Waals surface area contributed by atoms with Crippen molar-refractivity contribution < 1.29 is 9.59 Å². The van der Waals surface area contributed by atoms with E-state index in [1.54, 1.807) is 0 Å². The van der Waals surface area contributed by atoms with E-state index < -0.39 is 0 Å². The molecule has 0 aromatic rings. The molecule has 0 radical (unpaired) electrons. The summed E-state index contributed by atoms with van der Waals surface area (Å²) < 4.78 is 0. The molecule has 1 fully saturated rings. The molecule has 0 bridgehead atoms. The van der Waals surface area contributed by atoms with Crippen molar-refractivity contribution in [1.82, 2.24) is 10.6 Å². The quantitative estimate of drug-likeness (QED) is 0.247. The lowest BCUT2D eigenvalue weighted by atomic mass is 10.1. The summed E-state index contributed by atoms with van der Waals surface area (Å²) in [5.74, 6) is 0.445. The molecular weight excluding hydrogens is 336 g/mol. The maximum atomic E-state index is 11.6. The zero-order valence-electron chi connectivity index (χ0n) is 17.6. The minimum atomic E-state index is 0.222. The maximum absolute atomic E-state index is 11.6. The zero-order valence-corrected chi connectivity index (χ0v) is 17.6. The summed E-state index contributed by atoms with van der Waals surface area (Å²) in [6.45, 7) is 3.02. The van der Waals surface area contributed by atoms with Crippen LogP contribution in [0.5, 0.6) is 0 Å². The molecule has 1 saturated carbocycles. The van der Waals surface area contributed by atoms with Crippen LogP contribution in [0.1, 0.15) is 110 Å². The van der Waals surface area contributed by atoms with Crippen molar-refractivity contribution in [3.63, 3.8) is 0 Å². The summed E-state index contributed by atoms with van der Waals surface area (Å²) in [5.41, 5.74) is 0. The van der Waals surface area contributed by atoms with Crippen molar-refractivity contribution in [3.05, 3.63) is 12.2 Å². The van der Waals surface area contributed by atoms with Gasteiger partial charge in [0.05, 0.1) is 0 Å². The van der Waals surface area contributed by atoms with Crippen LogP contribution in [0.4, 0.5) is 0 Å². The largest absolute Gasteiger partial charge is 0.356 e. The van der Waals surface area contributed by atoms with Crippen LogP contribution in [-0.2, 0) is 9.59 Å². The Balaban J connectivity index is 1.75. The molecule has 0 unspecified atom stereocenters. The molecule has 0 aromatic heterocycles. The third-order valence-electron chi connectivity index (χ3n) is 5.01. The van der Waals surface area contributed by atoms with Gasteiger partial charge in [0.25, 0.3) is 0 Å². The molecule has 27 heavy (non-hydrogen) atoms. The van der Waals surface area contributed by atoms with Gasteiger partial charge in [0.15, 0.2) is 0 Å². The first-order chi connectivity index (χ1) is 13.2. The van der Waals surface area contributed by atoms with Crippen molar-refractivity contribution in [2.24, 2.45) is 0 Å². The molecule has 0 atom stereocenters. The second-order valence-corrected chi connectivity index (χ2v) is 7.92. The van der Waals surface area contributed by atoms with E-state index in [0.29, 0.717) is 18.9 Å². The van der Waals surface area contributed by atoms with Crippen LogP contribution < -0.4 is 10.6 Å². The minimum absolute atomic E-state index is 0.222. The summed E-state index contributed by atoms with van der Waals surface area (Å²) in [6.07, 6.45) is 22.0. The summed E-state index contributed by atoms with van der Waals surface area (Å²) in [7, 11) is 0. The first kappa shape index (κ1) is 23.7. The van der Waals surface area contributed by atoms with Crippen LogP contribution in [0.3, 0.4) is 0 Å². The molecule has 0 heterocycles. The van der Waals surface area contributed by atoms with Crippen molar-refractivity contribution in [3.8, 4) is 0 Å². The molecule has 156 valence electrons. The Hall–Kier alpha value is -1.32. The highest BCUT2D eigenvalue weighted by Gasteiger charge is 2.22. The fourth-order valence-electron chi connectivity index (χ4n) is 3.09. The molecule has 0 aromatic carbocycles. The number of hydrogen-bond acceptors (Lipinski definition) is 2. The van der Waals surface area contributed by atoms with Crippen LogP contribution >= 0.6 is 0 Å². The first-order valence-corrected chi connectivity index (χ1v) is 11.4. The molecule has 1 aliphatic carbocycles. The highest BCUT2D eigenvalue weighted by molar-refractivity contribution is 5.76. The number of carbonyl (C=O) groups excluding carboxylic acids is 2. The van der Waals surface area contributed by atoms with Gasteiger partial charge in [0, 0.05) is 25.4 Å². The zero-order chi connectivity index (χ0) is 19.6. The topological polar surface area (TPSA) is 58.2 Å². The van der Waals surface area contributed by atoms with Crippen LogP contribution in [0, 0.1) is 0 Å². The van der Waals surface area contributed by atoms with Crippen molar-refractivity contribution >= 4 is 11.8 Å². The highest BCUT2D eigenvalue weighted by atomic mass is 16.2. The standard InChI is InChI=1S/C23H42N2O2/c1-2-3-15-20-24-22(26)16-13-11-9-7-5-4-6-8-10-12-14-17-23(27)25-21-18-19-21/h8,10,21H,2-7,9,11-20H2,1H3,(H,24,26)(H,25,27). The van der Waals surface area contributed by atoms with Crippen molar-refractivity contribution in [2.45, 2.75) is 116 Å². The fourth-order valence-corrected chi connectivity index (χ4v) is 3.09. The monoisotopic (exact) mass is 378 g/mol. The average molecular weight is 379 g/mol. The van der Waals surface area contributed by atoms with E-state index in [4.69, 9.17) is 0 Å².